The van der Waals surface area contributed by atoms with Crippen molar-refractivity contribution in [1.29, 1.82) is 0 Å². The zero-order valence-corrected chi connectivity index (χ0v) is 16.8. The Morgan fingerprint density at radius 1 is 0.852 bits per heavy atom. The van der Waals surface area contributed by atoms with E-state index < -0.39 is 5.60 Å². The molecule has 2 nitrogen and oxygen atoms in total. The Morgan fingerprint density at radius 2 is 1.41 bits per heavy atom. The van der Waals surface area contributed by atoms with Gasteiger partial charge in [-0.15, -0.1) is 0 Å². The summed E-state index contributed by atoms with van der Waals surface area (Å²) < 4.78 is 5.37. The molecule has 0 aliphatic heterocycles. The molecular weight excluding hydrogens is 332 g/mol. The van der Waals surface area contributed by atoms with Crippen LogP contribution in [0, 0.1) is 0 Å². The van der Waals surface area contributed by atoms with Crippen molar-refractivity contribution in [2.24, 2.45) is 0 Å². The molecule has 0 N–H and O–H groups in total. The van der Waals surface area contributed by atoms with Crippen LogP contribution in [-0.2, 0) is 9.53 Å². The van der Waals surface area contributed by atoms with Gasteiger partial charge in [-0.3, -0.25) is 0 Å². The number of rotatable bonds is 5. The maximum Gasteiger partial charge on any atom is 0.331 e. The molecule has 27 heavy (non-hydrogen) atoms. The average molecular weight is 360 g/mol. The van der Waals surface area contributed by atoms with Gasteiger partial charge in [-0.25, -0.2) is 4.79 Å². The van der Waals surface area contributed by atoms with Gasteiger partial charge in [0, 0.05) is 6.08 Å². The second-order valence-electron chi connectivity index (χ2n) is 7.53. The van der Waals surface area contributed by atoms with Gasteiger partial charge in [-0.05, 0) is 62.5 Å². The van der Waals surface area contributed by atoms with E-state index in [0.29, 0.717) is 0 Å². The largest absolute Gasteiger partial charge is 0.457 e. The number of carbonyl (C=O) groups is 1. The Balaban J connectivity index is 2.42. The van der Waals surface area contributed by atoms with E-state index in [2.05, 4.69) is 37.3 Å². The van der Waals surface area contributed by atoms with Gasteiger partial charge in [0.25, 0.3) is 0 Å². The highest BCUT2D eigenvalue weighted by atomic mass is 16.6. The first-order valence-corrected chi connectivity index (χ1v) is 9.17. The average Bonchev–Trinajstić information content (AvgIpc) is 2.60. The first-order valence-electron chi connectivity index (χ1n) is 9.17. The predicted molar refractivity (Wildman–Crippen MR) is 114 cm³/mol. The van der Waals surface area contributed by atoms with Crippen LogP contribution in [0.15, 0.2) is 84.0 Å². The summed E-state index contributed by atoms with van der Waals surface area (Å²) in [6, 6.07) is 20.5. The van der Waals surface area contributed by atoms with Crippen molar-refractivity contribution in [2.45, 2.75) is 40.2 Å². The first-order chi connectivity index (χ1) is 12.8. The van der Waals surface area contributed by atoms with Gasteiger partial charge in [0.15, 0.2) is 0 Å². The van der Waals surface area contributed by atoms with E-state index in [4.69, 9.17) is 4.74 Å². The fourth-order valence-electron chi connectivity index (χ4n) is 2.85. The lowest BCUT2D eigenvalue weighted by molar-refractivity contribution is -0.148. The van der Waals surface area contributed by atoms with Gasteiger partial charge in [-0.1, -0.05) is 72.8 Å². The summed E-state index contributed by atoms with van der Waals surface area (Å²) in [6.07, 6.45) is 5.49. The molecule has 0 bridgehead atoms. The molecule has 0 atom stereocenters. The van der Waals surface area contributed by atoms with Crippen LogP contribution in [0.5, 0.6) is 0 Å². The van der Waals surface area contributed by atoms with E-state index in [9.17, 15) is 4.79 Å². The Hall–Kier alpha value is -2.87. The second kappa shape index (κ2) is 9.18. The fourth-order valence-corrected chi connectivity index (χ4v) is 2.85. The van der Waals surface area contributed by atoms with Crippen LogP contribution in [0.3, 0.4) is 0 Å². The van der Waals surface area contributed by atoms with Crippen LogP contribution in [0.25, 0.3) is 11.6 Å². The van der Waals surface area contributed by atoms with Crippen LogP contribution < -0.4 is 0 Å². The number of carbonyl (C=O) groups excluding carboxylic acids is 1. The SMILES string of the molecule is CC(/C=C/C(=O)OC(C)(C)C)=C(\C(C)=C\c1ccccc1)c1ccccc1. The Morgan fingerprint density at radius 3 is 1.96 bits per heavy atom. The first kappa shape index (κ1) is 20.4. The Labute approximate surface area is 162 Å². The van der Waals surface area contributed by atoms with E-state index in [-0.39, 0.29) is 5.97 Å². The summed E-state index contributed by atoms with van der Waals surface area (Å²) in [4.78, 5) is 12.0. The highest BCUT2D eigenvalue weighted by molar-refractivity contribution is 5.89. The van der Waals surface area contributed by atoms with Crippen LogP contribution >= 0.6 is 0 Å². The molecule has 0 amide bonds. The minimum Gasteiger partial charge on any atom is -0.457 e. The van der Waals surface area contributed by atoms with Crippen molar-refractivity contribution in [1.82, 2.24) is 0 Å². The minimum absolute atomic E-state index is 0.334. The van der Waals surface area contributed by atoms with Crippen LogP contribution in [-0.4, -0.2) is 11.6 Å². The smallest absolute Gasteiger partial charge is 0.331 e. The van der Waals surface area contributed by atoms with Crippen LogP contribution in [0.4, 0.5) is 0 Å². The van der Waals surface area contributed by atoms with Gasteiger partial charge in [0.1, 0.15) is 5.60 Å². The van der Waals surface area contributed by atoms with E-state index in [1.165, 1.54) is 6.08 Å². The summed E-state index contributed by atoms with van der Waals surface area (Å²) in [7, 11) is 0. The molecule has 140 valence electrons. The lowest BCUT2D eigenvalue weighted by Crippen LogP contribution is -2.22. The number of allylic oxidation sites excluding steroid dienone is 4. The second-order valence-corrected chi connectivity index (χ2v) is 7.53. The van der Waals surface area contributed by atoms with E-state index in [1.54, 1.807) is 0 Å². The summed E-state index contributed by atoms with van der Waals surface area (Å²) in [5.41, 5.74) is 5.03. The van der Waals surface area contributed by atoms with Crippen molar-refractivity contribution in [2.75, 3.05) is 0 Å². The number of hydrogen-bond acceptors (Lipinski definition) is 2. The summed E-state index contributed by atoms with van der Waals surface area (Å²) in [6.45, 7) is 9.71. The minimum atomic E-state index is -0.496. The topological polar surface area (TPSA) is 26.3 Å². The van der Waals surface area contributed by atoms with Crippen molar-refractivity contribution in [3.8, 4) is 0 Å². The van der Waals surface area contributed by atoms with Gasteiger partial charge in [0.2, 0.25) is 0 Å². The zero-order chi connectivity index (χ0) is 19.9. The van der Waals surface area contributed by atoms with E-state index >= 15 is 0 Å². The van der Waals surface area contributed by atoms with Crippen molar-refractivity contribution in [3.63, 3.8) is 0 Å². The molecule has 0 saturated heterocycles. The molecule has 0 radical (unpaired) electrons. The quantitative estimate of drug-likeness (QED) is 0.347. The van der Waals surface area contributed by atoms with Gasteiger partial charge >= 0.3 is 5.97 Å². The molecule has 0 aliphatic rings. The fraction of sp³-hybridized carbons (Fsp3) is 0.240. The highest BCUT2D eigenvalue weighted by Crippen LogP contribution is 2.28. The number of ether oxygens (including phenoxy) is 1. The molecule has 2 heteroatoms. The van der Waals surface area contributed by atoms with Gasteiger partial charge < -0.3 is 4.74 Å². The summed E-state index contributed by atoms with van der Waals surface area (Å²) in [5.74, 6) is -0.334. The van der Waals surface area contributed by atoms with Gasteiger partial charge in [-0.2, -0.15) is 0 Å². The standard InChI is InChI=1S/C25H28O2/c1-19(16-17-23(26)27-25(3,4)5)24(22-14-10-7-11-15-22)20(2)18-21-12-8-6-9-13-21/h6-18H,1-5H3/b17-16+,20-18+,24-19-. The monoisotopic (exact) mass is 360 g/mol. The molecule has 0 heterocycles. The highest BCUT2D eigenvalue weighted by Gasteiger charge is 2.14. The molecule has 0 unspecified atom stereocenters. The van der Waals surface area contributed by atoms with Crippen molar-refractivity contribution < 1.29 is 9.53 Å². The number of esters is 1. The third-order valence-electron chi connectivity index (χ3n) is 3.91. The molecule has 0 spiro atoms. The molecule has 2 aromatic rings. The normalized spacial score (nSPS) is 13.4. The van der Waals surface area contributed by atoms with Crippen LogP contribution in [0.1, 0.15) is 45.7 Å². The van der Waals surface area contributed by atoms with E-state index in [0.717, 1.165) is 27.8 Å². The molecule has 0 aromatic heterocycles. The van der Waals surface area contributed by atoms with Crippen LogP contribution in [0.2, 0.25) is 0 Å². The third kappa shape index (κ3) is 6.74. The molecule has 0 aliphatic carbocycles. The molecule has 2 rings (SSSR count). The molecule has 0 fully saturated rings. The molecule has 0 saturated carbocycles. The van der Waals surface area contributed by atoms with E-state index in [1.807, 2.05) is 70.2 Å². The van der Waals surface area contributed by atoms with Crippen molar-refractivity contribution in [3.05, 3.63) is 95.1 Å². The lowest BCUT2D eigenvalue weighted by Gasteiger charge is -2.18. The third-order valence-corrected chi connectivity index (χ3v) is 3.91. The summed E-state index contributed by atoms with van der Waals surface area (Å²) >= 11 is 0. The summed E-state index contributed by atoms with van der Waals surface area (Å²) in [5, 5.41) is 0. The Bertz CT molecular complexity index is 848. The number of hydrogen-bond donors (Lipinski definition) is 0. The Kier molecular flexibility index (Phi) is 6.95. The predicted octanol–water partition coefficient (Wildman–Crippen LogP) is 6.46. The molecule has 2 aromatic carbocycles. The van der Waals surface area contributed by atoms with Gasteiger partial charge in [0.05, 0.1) is 0 Å². The molecular formula is C25H28O2. The lowest BCUT2D eigenvalue weighted by atomic mass is 9.93. The number of benzene rings is 2. The van der Waals surface area contributed by atoms with Crippen molar-refractivity contribution >= 4 is 17.6 Å². The maximum atomic E-state index is 12.0. The zero-order valence-electron chi connectivity index (χ0n) is 16.8. The maximum absolute atomic E-state index is 12.0.